The van der Waals surface area contributed by atoms with Gasteiger partial charge in [0.15, 0.2) is 0 Å². The normalized spacial score (nSPS) is 16.2. The van der Waals surface area contributed by atoms with Crippen LogP contribution in [0.25, 0.3) is 0 Å². The van der Waals surface area contributed by atoms with Crippen LogP contribution < -0.4 is 0 Å². The zero-order valence-electron chi connectivity index (χ0n) is 12.1. The molecule has 0 N–H and O–H groups in total. The maximum absolute atomic E-state index is 2.42. The minimum atomic E-state index is -1.18. The van der Waals surface area contributed by atoms with Crippen LogP contribution in [-0.4, -0.2) is 18.8 Å². The maximum atomic E-state index is 2.42. The highest BCUT2D eigenvalue weighted by Crippen LogP contribution is 2.35. The topological polar surface area (TPSA) is 0 Å². The molecule has 0 spiro atoms. The first-order chi connectivity index (χ1) is 10.4. The molecule has 3 heteroatoms. The minimum Gasteiger partial charge on any atom is -0.129 e. The smallest absolute Gasteiger partial charge is 0.0821 e. The fourth-order valence-electron chi connectivity index (χ4n) is 2.53. The molecule has 3 rings (SSSR count). The van der Waals surface area contributed by atoms with Crippen LogP contribution in [0.4, 0.5) is 0 Å². The molecule has 0 saturated carbocycles. The van der Waals surface area contributed by atoms with Gasteiger partial charge in [0, 0.05) is 9.79 Å². The molecule has 1 aliphatic heterocycles. The number of hydrogen-bond donors (Lipinski definition) is 0. The molecule has 0 fully saturated rings. The van der Waals surface area contributed by atoms with E-state index in [0.29, 0.717) is 0 Å². The lowest BCUT2D eigenvalue weighted by Crippen LogP contribution is -2.38. The van der Waals surface area contributed by atoms with Gasteiger partial charge in [0.2, 0.25) is 0 Å². The molecule has 0 aliphatic carbocycles. The SMILES string of the molecule is C1=CC[Si](CSc2ccccc2)(CSc2ccccc2)C1. The van der Waals surface area contributed by atoms with E-state index in [1.54, 1.807) is 0 Å². The molecule has 1 heterocycles. The van der Waals surface area contributed by atoms with Crippen LogP contribution in [0.1, 0.15) is 0 Å². The van der Waals surface area contributed by atoms with E-state index in [4.69, 9.17) is 0 Å². The number of benzene rings is 2. The summed E-state index contributed by atoms with van der Waals surface area (Å²) in [7, 11) is -1.18. The summed E-state index contributed by atoms with van der Waals surface area (Å²) in [4.78, 5) is 2.84. The summed E-state index contributed by atoms with van der Waals surface area (Å²) in [5.74, 6) is 0. The van der Waals surface area contributed by atoms with Crippen molar-refractivity contribution in [2.75, 3.05) is 10.8 Å². The number of thioether (sulfide) groups is 2. The molecule has 0 unspecified atom stereocenters. The van der Waals surface area contributed by atoms with E-state index < -0.39 is 8.07 Å². The summed E-state index contributed by atoms with van der Waals surface area (Å²) in [6, 6.07) is 24.4. The van der Waals surface area contributed by atoms with Crippen molar-refractivity contribution in [3.8, 4) is 0 Å². The lowest BCUT2D eigenvalue weighted by molar-refractivity contribution is 1.43. The number of allylic oxidation sites excluding steroid dienone is 2. The second kappa shape index (κ2) is 7.39. The summed E-state index contributed by atoms with van der Waals surface area (Å²) < 4.78 is 0. The Bertz CT molecular complexity index is 527. The molecular formula is C18H20S2Si. The van der Waals surface area contributed by atoms with E-state index in [2.05, 4.69) is 96.3 Å². The molecule has 0 radical (unpaired) electrons. The highest BCUT2D eigenvalue weighted by atomic mass is 32.2. The molecular weight excluding hydrogens is 308 g/mol. The first-order valence-electron chi connectivity index (χ1n) is 7.37. The van der Waals surface area contributed by atoms with E-state index in [9.17, 15) is 0 Å². The molecule has 108 valence electrons. The molecule has 0 saturated heterocycles. The molecule has 21 heavy (non-hydrogen) atoms. The van der Waals surface area contributed by atoms with Crippen molar-refractivity contribution in [3.05, 3.63) is 72.8 Å². The van der Waals surface area contributed by atoms with E-state index >= 15 is 0 Å². The molecule has 0 amide bonds. The van der Waals surface area contributed by atoms with E-state index in [1.807, 2.05) is 0 Å². The summed E-state index contributed by atoms with van der Waals surface area (Å²) in [6.45, 7) is 0. The van der Waals surface area contributed by atoms with Crippen molar-refractivity contribution < 1.29 is 0 Å². The Balaban J connectivity index is 1.60. The van der Waals surface area contributed by atoms with Gasteiger partial charge in [0.05, 0.1) is 8.07 Å². The number of rotatable bonds is 6. The Hall–Kier alpha value is -0.903. The van der Waals surface area contributed by atoms with Crippen molar-refractivity contribution >= 4 is 31.6 Å². The standard InChI is InChI=1S/C18H20S2Si/c1-3-9-17(10-4-1)19-15-21(13-7-8-14-21)16-20-18-11-5-2-6-12-18/h1-12H,13-16H2. The van der Waals surface area contributed by atoms with Crippen molar-refractivity contribution in [1.82, 2.24) is 0 Å². The van der Waals surface area contributed by atoms with Crippen LogP contribution in [0, 0.1) is 0 Å². The highest BCUT2D eigenvalue weighted by Gasteiger charge is 2.33. The van der Waals surface area contributed by atoms with Crippen LogP contribution in [0.3, 0.4) is 0 Å². The van der Waals surface area contributed by atoms with Gasteiger partial charge in [-0.1, -0.05) is 48.6 Å². The Labute approximate surface area is 137 Å². The van der Waals surface area contributed by atoms with Crippen LogP contribution in [0.15, 0.2) is 82.6 Å². The van der Waals surface area contributed by atoms with Gasteiger partial charge in [-0.25, -0.2) is 0 Å². The Morgan fingerprint density at radius 2 is 1.10 bits per heavy atom. The molecule has 0 bridgehead atoms. The zero-order chi connectivity index (χ0) is 14.4. The van der Waals surface area contributed by atoms with Gasteiger partial charge in [0.1, 0.15) is 0 Å². The van der Waals surface area contributed by atoms with Gasteiger partial charge in [-0.15, -0.1) is 23.5 Å². The van der Waals surface area contributed by atoms with Gasteiger partial charge in [0.25, 0.3) is 0 Å². The van der Waals surface area contributed by atoms with E-state index in [0.717, 1.165) is 0 Å². The van der Waals surface area contributed by atoms with Gasteiger partial charge in [-0.2, -0.15) is 0 Å². The molecule has 2 aromatic rings. The molecule has 0 aromatic heterocycles. The van der Waals surface area contributed by atoms with E-state index in [-0.39, 0.29) is 0 Å². The quantitative estimate of drug-likeness (QED) is 0.381. The van der Waals surface area contributed by atoms with Crippen LogP contribution >= 0.6 is 23.5 Å². The van der Waals surface area contributed by atoms with Gasteiger partial charge < -0.3 is 0 Å². The Morgan fingerprint density at radius 3 is 1.52 bits per heavy atom. The Morgan fingerprint density at radius 1 is 0.667 bits per heavy atom. The van der Waals surface area contributed by atoms with Crippen LogP contribution in [-0.2, 0) is 0 Å². The van der Waals surface area contributed by atoms with Crippen molar-refractivity contribution in [2.24, 2.45) is 0 Å². The first-order valence-corrected chi connectivity index (χ1v) is 12.2. The van der Waals surface area contributed by atoms with Crippen molar-refractivity contribution in [3.63, 3.8) is 0 Å². The van der Waals surface area contributed by atoms with Crippen molar-refractivity contribution in [2.45, 2.75) is 21.9 Å². The first kappa shape index (κ1) is 15.0. The fourth-order valence-corrected chi connectivity index (χ4v) is 11.5. The monoisotopic (exact) mass is 328 g/mol. The van der Waals surface area contributed by atoms with Gasteiger partial charge in [-0.05, 0) is 47.1 Å². The highest BCUT2D eigenvalue weighted by molar-refractivity contribution is 8.03. The third kappa shape index (κ3) is 4.28. The summed E-state index contributed by atoms with van der Waals surface area (Å²) in [6.07, 6.45) is 4.84. The van der Waals surface area contributed by atoms with E-state index in [1.165, 1.54) is 32.6 Å². The predicted octanol–water partition coefficient (Wildman–Crippen LogP) is 5.67. The largest absolute Gasteiger partial charge is 0.129 e. The maximum Gasteiger partial charge on any atom is 0.0821 e. The van der Waals surface area contributed by atoms with Crippen LogP contribution in [0.5, 0.6) is 0 Å². The molecule has 0 atom stereocenters. The van der Waals surface area contributed by atoms with Crippen molar-refractivity contribution in [1.29, 1.82) is 0 Å². The fraction of sp³-hybridized carbons (Fsp3) is 0.222. The summed E-state index contributed by atoms with van der Waals surface area (Å²) in [5, 5.41) is 2.67. The lowest BCUT2D eigenvalue weighted by atomic mass is 10.4. The number of hydrogen-bond acceptors (Lipinski definition) is 2. The summed E-state index contributed by atoms with van der Waals surface area (Å²) >= 11 is 4.12. The van der Waals surface area contributed by atoms with Gasteiger partial charge in [-0.3, -0.25) is 0 Å². The predicted molar refractivity (Wildman–Crippen MR) is 98.8 cm³/mol. The molecule has 2 aromatic carbocycles. The lowest BCUT2D eigenvalue weighted by Gasteiger charge is -2.26. The third-order valence-corrected chi connectivity index (χ3v) is 13.3. The second-order valence-corrected chi connectivity index (χ2v) is 13.2. The molecule has 1 aliphatic rings. The van der Waals surface area contributed by atoms with Crippen LogP contribution in [0.2, 0.25) is 12.1 Å². The average molecular weight is 329 g/mol. The molecule has 0 nitrogen and oxygen atoms in total. The Kier molecular flexibility index (Phi) is 5.28. The zero-order valence-corrected chi connectivity index (χ0v) is 14.7. The minimum absolute atomic E-state index is 1.18. The second-order valence-electron chi connectivity index (χ2n) is 5.58. The van der Waals surface area contributed by atoms with Gasteiger partial charge >= 0.3 is 0 Å². The summed E-state index contributed by atoms with van der Waals surface area (Å²) in [5.41, 5.74) is 0. The average Bonchev–Trinajstić information content (AvgIpc) is 3.03. The third-order valence-electron chi connectivity index (χ3n) is 3.84.